The Hall–Kier alpha value is -3.80. The Morgan fingerprint density at radius 1 is 1.18 bits per heavy atom. The predicted octanol–water partition coefficient (Wildman–Crippen LogP) is 3.32. The number of nitrogens with zero attached hydrogens (tertiary/aromatic N) is 2. The lowest BCUT2D eigenvalue weighted by atomic mass is 10.0. The maximum absolute atomic E-state index is 14.5. The van der Waals surface area contributed by atoms with E-state index in [0.717, 1.165) is 22.8 Å². The zero-order valence-electron chi connectivity index (χ0n) is 17.5. The number of rotatable bonds is 7. The second kappa shape index (κ2) is 10.00. The minimum Gasteiger partial charge on any atom is -0.403 e. The third-order valence-corrected chi connectivity index (χ3v) is 4.56. The van der Waals surface area contributed by atoms with Gasteiger partial charge in [0.2, 0.25) is 0 Å². The van der Waals surface area contributed by atoms with E-state index >= 15 is 0 Å². The van der Waals surface area contributed by atoms with Gasteiger partial charge in [-0.2, -0.15) is 0 Å². The zero-order valence-corrected chi connectivity index (χ0v) is 17.5. The number of aliphatic hydroxyl groups excluding tert-OH is 1. The number of aliphatic hydroxyl groups is 1. The predicted molar refractivity (Wildman–Crippen MR) is 109 cm³/mol. The van der Waals surface area contributed by atoms with Crippen LogP contribution >= 0.6 is 0 Å². The third-order valence-electron chi connectivity index (χ3n) is 4.56. The monoisotopic (exact) mass is 483 g/mol. The van der Waals surface area contributed by atoms with E-state index in [9.17, 15) is 36.6 Å². The summed E-state index contributed by atoms with van der Waals surface area (Å²) in [7, 11) is 0. The number of hydrogen-bond donors (Lipinski definition) is 2. The van der Waals surface area contributed by atoms with E-state index in [1.165, 1.54) is 31.5 Å². The van der Waals surface area contributed by atoms with Gasteiger partial charge < -0.3 is 19.7 Å². The van der Waals surface area contributed by atoms with Gasteiger partial charge in [0.25, 0.3) is 11.5 Å². The lowest BCUT2D eigenvalue weighted by Crippen LogP contribution is -2.32. The number of pyridine rings is 2. The molecule has 2 aromatic heterocycles. The van der Waals surface area contributed by atoms with Crippen LogP contribution in [0.3, 0.4) is 0 Å². The van der Waals surface area contributed by atoms with Gasteiger partial charge in [-0.3, -0.25) is 14.6 Å². The Bertz CT molecular complexity index is 1240. The van der Waals surface area contributed by atoms with Gasteiger partial charge in [0.15, 0.2) is 11.6 Å². The Kier molecular flexibility index (Phi) is 7.30. The van der Waals surface area contributed by atoms with E-state index in [2.05, 4.69) is 15.0 Å². The molecule has 0 aliphatic heterocycles. The molecule has 2 N–H and O–H groups in total. The number of aromatic nitrogens is 2. The van der Waals surface area contributed by atoms with Crippen molar-refractivity contribution in [1.29, 1.82) is 0 Å². The number of ether oxygens (including phenoxy) is 1. The molecule has 2 unspecified atom stereocenters. The molecule has 0 saturated carbocycles. The average Bonchev–Trinajstić information content (AvgIpc) is 2.74. The highest BCUT2D eigenvalue weighted by Crippen LogP contribution is 2.30. The van der Waals surface area contributed by atoms with E-state index < -0.39 is 47.4 Å². The fraction of sp³-hybridized carbons (Fsp3) is 0.227. The van der Waals surface area contributed by atoms with E-state index in [1.807, 2.05) is 0 Å². The van der Waals surface area contributed by atoms with Crippen LogP contribution in [0.4, 0.5) is 22.0 Å². The summed E-state index contributed by atoms with van der Waals surface area (Å²) >= 11 is 0. The molecule has 0 bridgehead atoms. The van der Waals surface area contributed by atoms with E-state index in [1.54, 1.807) is 0 Å². The highest BCUT2D eigenvalue weighted by atomic mass is 19.4. The van der Waals surface area contributed by atoms with Gasteiger partial charge in [0, 0.05) is 18.5 Å². The van der Waals surface area contributed by atoms with Crippen LogP contribution in [0.1, 0.15) is 34.6 Å². The average molecular weight is 483 g/mol. The third kappa shape index (κ3) is 6.16. The van der Waals surface area contributed by atoms with Crippen molar-refractivity contribution in [3.05, 3.63) is 93.7 Å². The van der Waals surface area contributed by atoms with E-state index in [4.69, 9.17) is 0 Å². The SMILES string of the molecule is CC(O)Cn1cc(C(=O)NC(c2ccc(OC(F)(F)F)c(F)c2)c2ncccc2F)ccc1=O. The zero-order chi connectivity index (χ0) is 25.0. The van der Waals surface area contributed by atoms with Crippen molar-refractivity contribution in [3.8, 4) is 5.75 Å². The normalized spacial score (nSPS) is 13.3. The molecule has 0 fully saturated rings. The topological polar surface area (TPSA) is 93.5 Å². The van der Waals surface area contributed by atoms with Crippen molar-refractivity contribution in [2.75, 3.05) is 0 Å². The summed E-state index contributed by atoms with van der Waals surface area (Å²) < 4.78 is 70.9. The Balaban J connectivity index is 1.99. The van der Waals surface area contributed by atoms with Gasteiger partial charge in [-0.05, 0) is 42.8 Å². The molecule has 1 amide bonds. The standard InChI is InChI=1S/C22H18F5N3O4/c1-12(31)10-30-11-14(5-7-18(30)32)21(33)29-19(20-15(23)3-2-8-28-20)13-4-6-17(16(24)9-13)34-22(25,26)27/h2-9,11-12,19,31H,10H2,1H3,(H,29,33). The van der Waals surface area contributed by atoms with E-state index in [0.29, 0.717) is 12.1 Å². The molecule has 3 aromatic rings. The molecular formula is C22H18F5N3O4. The lowest BCUT2D eigenvalue weighted by Gasteiger charge is -2.20. The van der Waals surface area contributed by atoms with Gasteiger partial charge in [0.1, 0.15) is 11.5 Å². The molecule has 0 saturated heterocycles. The smallest absolute Gasteiger partial charge is 0.403 e. The first kappa shape index (κ1) is 24.8. The molecular weight excluding hydrogens is 465 g/mol. The molecule has 2 atom stereocenters. The molecule has 7 nitrogen and oxygen atoms in total. The molecule has 2 heterocycles. The summed E-state index contributed by atoms with van der Waals surface area (Å²) in [5.74, 6) is -4.17. The van der Waals surface area contributed by atoms with Crippen LogP contribution in [-0.2, 0) is 6.54 Å². The molecule has 0 aliphatic carbocycles. The Morgan fingerprint density at radius 2 is 1.91 bits per heavy atom. The number of halogens is 5. The fourth-order valence-corrected chi connectivity index (χ4v) is 3.13. The largest absolute Gasteiger partial charge is 0.573 e. The first-order chi connectivity index (χ1) is 15.9. The first-order valence-corrected chi connectivity index (χ1v) is 9.79. The number of carbonyl (C=O) groups excluding carboxylic acids is 1. The maximum Gasteiger partial charge on any atom is 0.573 e. The van der Waals surface area contributed by atoms with Crippen LogP contribution in [0.2, 0.25) is 0 Å². The first-order valence-electron chi connectivity index (χ1n) is 9.79. The summed E-state index contributed by atoms with van der Waals surface area (Å²) in [5.41, 5.74) is -0.960. The van der Waals surface area contributed by atoms with E-state index in [-0.39, 0.29) is 23.4 Å². The van der Waals surface area contributed by atoms with Crippen LogP contribution in [0.5, 0.6) is 5.75 Å². The highest BCUT2D eigenvalue weighted by molar-refractivity contribution is 5.94. The molecule has 180 valence electrons. The van der Waals surface area contributed by atoms with Crippen LogP contribution in [-0.4, -0.2) is 33.0 Å². The summed E-state index contributed by atoms with van der Waals surface area (Å²) in [4.78, 5) is 28.7. The summed E-state index contributed by atoms with van der Waals surface area (Å²) in [6.45, 7) is 1.35. The van der Waals surface area contributed by atoms with Crippen LogP contribution < -0.4 is 15.6 Å². The molecule has 12 heteroatoms. The van der Waals surface area contributed by atoms with Crippen LogP contribution in [0.15, 0.2) is 59.7 Å². The molecule has 0 aliphatic rings. The van der Waals surface area contributed by atoms with Gasteiger partial charge in [-0.15, -0.1) is 13.2 Å². The molecule has 3 rings (SSSR count). The fourth-order valence-electron chi connectivity index (χ4n) is 3.13. The van der Waals surface area contributed by atoms with Gasteiger partial charge >= 0.3 is 6.36 Å². The second-order valence-corrected chi connectivity index (χ2v) is 7.27. The lowest BCUT2D eigenvalue weighted by molar-refractivity contribution is -0.275. The molecule has 1 aromatic carbocycles. The molecule has 34 heavy (non-hydrogen) atoms. The van der Waals surface area contributed by atoms with Crippen LogP contribution in [0.25, 0.3) is 0 Å². The number of hydrogen-bond acceptors (Lipinski definition) is 5. The maximum atomic E-state index is 14.5. The molecule has 0 spiro atoms. The number of amides is 1. The minimum atomic E-state index is -5.13. The van der Waals surface area contributed by atoms with Gasteiger partial charge in [0.05, 0.1) is 24.3 Å². The van der Waals surface area contributed by atoms with Crippen LogP contribution in [0, 0.1) is 11.6 Å². The van der Waals surface area contributed by atoms with Crippen molar-refractivity contribution in [1.82, 2.24) is 14.9 Å². The number of alkyl halides is 3. The van der Waals surface area contributed by atoms with Crippen molar-refractivity contribution < 1.29 is 36.6 Å². The van der Waals surface area contributed by atoms with Crippen molar-refractivity contribution >= 4 is 5.91 Å². The van der Waals surface area contributed by atoms with Crippen molar-refractivity contribution in [2.45, 2.75) is 32.0 Å². The number of carbonyl (C=O) groups is 1. The summed E-state index contributed by atoms with van der Waals surface area (Å²) in [6, 6.07) is 5.60. The number of benzene rings is 1. The van der Waals surface area contributed by atoms with Crippen molar-refractivity contribution in [2.24, 2.45) is 0 Å². The van der Waals surface area contributed by atoms with Gasteiger partial charge in [-0.25, -0.2) is 8.78 Å². The quantitative estimate of drug-likeness (QED) is 0.503. The highest BCUT2D eigenvalue weighted by Gasteiger charge is 2.33. The Labute approximate surface area is 189 Å². The van der Waals surface area contributed by atoms with Gasteiger partial charge in [-0.1, -0.05) is 6.07 Å². The summed E-state index contributed by atoms with van der Waals surface area (Å²) in [5, 5.41) is 12.0. The second-order valence-electron chi connectivity index (χ2n) is 7.27. The Morgan fingerprint density at radius 3 is 2.53 bits per heavy atom. The molecule has 0 radical (unpaired) electrons. The van der Waals surface area contributed by atoms with Crippen molar-refractivity contribution in [3.63, 3.8) is 0 Å². The minimum absolute atomic E-state index is 0.0425. The number of nitrogens with one attached hydrogen (secondary N) is 1. The summed E-state index contributed by atoms with van der Waals surface area (Å²) in [6.07, 6.45) is -3.61.